The maximum atomic E-state index is 4.65. The van der Waals surface area contributed by atoms with Crippen LogP contribution in [0.5, 0.6) is 0 Å². The molecule has 4 heterocycles. The predicted molar refractivity (Wildman–Crippen MR) is 178 cm³/mol. The smallest absolute Gasteiger partial charge is 0.0965 e. The average Bonchev–Trinajstić information content (AvgIpc) is 3.10. The van der Waals surface area contributed by atoms with Gasteiger partial charge < -0.3 is 0 Å². The van der Waals surface area contributed by atoms with Crippen LogP contribution in [0.3, 0.4) is 0 Å². The van der Waals surface area contributed by atoms with Gasteiger partial charge in [-0.1, -0.05) is 84.3 Å². The quantitative estimate of drug-likeness (QED) is 0.0960. The van der Waals surface area contributed by atoms with E-state index in [0.29, 0.717) is 0 Å². The van der Waals surface area contributed by atoms with E-state index in [1.807, 2.05) is 60.9 Å². The first-order chi connectivity index (χ1) is 21.8. The Morgan fingerprint density at radius 1 is 0.348 bits per heavy atom. The summed E-state index contributed by atoms with van der Waals surface area (Å²) in [6.07, 6.45) is 7.23. The van der Waals surface area contributed by atoms with Crippen LogP contribution in [0.4, 0.5) is 0 Å². The number of benzene rings is 4. The van der Waals surface area contributed by atoms with Gasteiger partial charge >= 0.3 is 0 Å². The summed E-state index contributed by atoms with van der Waals surface area (Å²) in [4.78, 5) is 18.3. The van der Waals surface area contributed by atoms with E-state index in [9.17, 15) is 0 Å². The summed E-state index contributed by atoms with van der Waals surface area (Å²) in [6, 6.07) is 37.0. The second kappa shape index (κ2) is 13.5. The molecule has 0 aliphatic carbocycles. The average molecular weight is 761 g/mol. The third kappa shape index (κ3) is 6.20. The predicted octanol–water partition coefficient (Wildman–Crippen LogP) is 8.34. The van der Waals surface area contributed by atoms with Crippen molar-refractivity contribution in [2.75, 3.05) is 0 Å². The van der Waals surface area contributed by atoms with E-state index in [2.05, 4.69) is 104 Å². The largest absolute Gasteiger partial charge is 0.254 e. The summed E-state index contributed by atoms with van der Waals surface area (Å²) in [5.41, 5.74) is 9.51. The molecule has 0 saturated carbocycles. The molecule has 0 amide bonds. The number of hydrogen-bond donors (Lipinski definition) is 0. The summed E-state index contributed by atoms with van der Waals surface area (Å²) in [5.74, 6) is 13.1. The number of hydrogen-bond acceptors (Lipinski definition) is 4. The van der Waals surface area contributed by atoms with Gasteiger partial charge in [-0.25, -0.2) is 0 Å². The normalized spacial score (nSPS) is 10.3. The van der Waals surface area contributed by atoms with Gasteiger partial charge in [-0.15, -0.1) is 0 Å². The van der Waals surface area contributed by atoms with Crippen molar-refractivity contribution in [3.05, 3.63) is 156 Å². The molecular formula is C40H22N4Ru2. The van der Waals surface area contributed by atoms with E-state index in [4.69, 9.17) is 0 Å². The third-order valence-electron chi connectivity index (χ3n) is 7.65. The molecule has 8 rings (SSSR count). The Morgan fingerprint density at radius 2 is 0.717 bits per heavy atom. The third-order valence-corrected chi connectivity index (χ3v) is 7.65. The second-order valence-corrected chi connectivity index (χ2v) is 10.5. The van der Waals surface area contributed by atoms with Crippen molar-refractivity contribution in [2.24, 2.45) is 0 Å². The van der Waals surface area contributed by atoms with Crippen molar-refractivity contribution in [1.29, 1.82) is 0 Å². The van der Waals surface area contributed by atoms with Crippen LogP contribution in [-0.4, -0.2) is 19.9 Å². The second-order valence-electron chi connectivity index (χ2n) is 10.5. The molecule has 6 heteroatoms. The zero-order chi connectivity index (χ0) is 29.3. The molecule has 0 aliphatic heterocycles. The molecule has 0 bridgehead atoms. The van der Waals surface area contributed by atoms with Crippen molar-refractivity contribution in [3.8, 4) is 34.8 Å². The molecule has 46 heavy (non-hydrogen) atoms. The van der Waals surface area contributed by atoms with Gasteiger partial charge in [0.2, 0.25) is 0 Å². The first-order valence-corrected chi connectivity index (χ1v) is 14.3. The molecule has 0 radical (unpaired) electrons. The van der Waals surface area contributed by atoms with Crippen LogP contribution in [0.25, 0.3) is 54.7 Å². The molecule has 0 atom stereocenters. The van der Waals surface area contributed by atoms with Gasteiger partial charge in [0.05, 0.1) is 22.1 Å². The van der Waals surface area contributed by atoms with Crippen molar-refractivity contribution in [1.82, 2.24) is 19.9 Å². The summed E-state index contributed by atoms with van der Waals surface area (Å²) in [7, 11) is 0. The number of aromatic nitrogens is 4. The molecule has 0 spiro atoms. The van der Waals surface area contributed by atoms with E-state index in [1.54, 1.807) is 12.4 Å². The monoisotopic (exact) mass is 762 g/mol. The van der Waals surface area contributed by atoms with E-state index >= 15 is 0 Å². The van der Waals surface area contributed by atoms with Gasteiger partial charge in [-0.3, -0.25) is 19.9 Å². The minimum atomic E-state index is 0. The Morgan fingerprint density at radius 3 is 1.15 bits per heavy atom. The van der Waals surface area contributed by atoms with Crippen LogP contribution in [0, 0.1) is 23.7 Å². The summed E-state index contributed by atoms with van der Waals surface area (Å²) in [5, 5.41) is 4.23. The van der Waals surface area contributed by atoms with Crippen LogP contribution in [0.1, 0.15) is 22.3 Å². The minimum Gasteiger partial charge on any atom is -0.254 e. The van der Waals surface area contributed by atoms with Crippen LogP contribution in [0.15, 0.2) is 134 Å². The SMILES string of the molecule is C(#Cc1cnc2c(ccc3cccnc32)c1)c1ccc(-c2ccc(C#Cc3cnc4c(ccc5cccnc54)c3)cc2)cc1.[Ru].[Ru]. The molecular weight excluding hydrogens is 739 g/mol. The Balaban J connectivity index is 0.00000186. The standard InChI is InChI=1S/C40H22N4.2Ru/c1-3-33-17-19-35-23-29(25-43-39(35)37(33)41-21-1)7-5-27-9-13-31(14-10-27)32-15-11-28(12-16-32)6-8-30-24-36-20-18-34-4-2-22-42-38(34)40(36)44-26-30;;/h1-4,9-26H;;. The maximum absolute atomic E-state index is 4.65. The topological polar surface area (TPSA) is 51.6 Å². The minimum absolute atomic E-state index is 0. The van der Waals surface area contributed by atoms with Crippen molar-refractivity contribution >= 4 is 43.6 Å². The van der Waals surface area contributed by atoms with Gasteiger partial charge in [0.1, 0.15) is 0 Å². The summed E-state index contributed by atoms with van der Waals surface area (Å²) >= 11 is 0. The molecule has 0 unspecified atom stereocenters. The van der Waals surface area contributed by atoms with Gasteiger partial charge in [0.15, 0.2) is 0 Å². The number of nitrogens with zero attached hydrogens (tertiary/aromatic N) is 4. The Labute approximate surface area is 291 Å². The van der Waals surface area contributed by atoms with Crippen molar-refractivity contribution in [2.45, 2.75) is 0 Å². The van der Waals surface area contributed by atoms with Crippen molar-refractivity contribution in [3.63, 3.8) is 0 Å². The zero-order valence-electron chi connectivity index (χ0n) is 24.2. The Hall–Kier alpha value is -5.11. The summed E-state index contributed by atoms with van der Waals surface area (Å²) < 4.78 is 0. The van der Waals surface area contributed by atoms with Crippen LogP contribution < -0.4 is 0 Å². The molecule has 0 saturated heterocycles. The van der Waals surface area contributed by atoms with E-state index < -0.39 is 0 Å². The van der Waals surface area contributed by atoms with E-state index in [0.717, 1.165) is 77.0 Å². The molecule has 4 aromatic carbocycles. The summed E-state index contributed by atoms with van der Waals surface area (Å²) in [6.45, 7) is 0. The van der Waals surface area contributed by atoms with E-state index in [1.165, 1.54) is 0 Å². The van der Waals surface area contributed by atoms with Gasteiger partial charge in [0.25, 0.3) is 0 Å². The Kier molecular flexibility index (Phi) is 9.05. The van der Waals surface area contributed by atoms with Crippen LogP contribution in [-0.2, 0) is 39.0 Å². The molecule has 0 aliphatic rings. The molecule has 4 aromatic heterocycles. The number of fused-ring (bicyclic) bond motifs is 6. The fourth-order valence-corrected chi connectivity index (χ4v) is 5.39. The van der Waals surface area contributed by atoms with E-state index in [-0.39, 0.29) is 39.0 Å². The van der Waals surface area contributed by atoms with Crippen LogP contribution >= 0.6 is 0 Å². The fraction of sp³-hybridized carbons (Fsp3) is 0. The van der Waals surface area contributed by atoms with Crippen LogP contribution in [0.2, 0.25) is 0 Å². The molecule has 0 N–H and O–H groups in total. The zero-order valence-corrected chi connectivity index (χ0v) is 27.7. The first kappa shape index (κ1) is 30.9. The molecule has 8 aromatic rings. The fourth-order valence-electron chi connectivity index (χ4n) is 5.39. The van der Waals surface area contributed by atoms with Crippen molar-refractivity contribution < 1.29 is 39.0 Å². The van der Waals surface area contributed by atoms with Gasteiger partial charge in [0, 0.05) is 108 Å². The Bertz CT molecular complexity index is 2330. The van der Waals surface area contributed by atoms with Gasteiger partial charge in [-0.2, -0.15) is 0 Å². The molecule has 218 valence electrons. The molecule has 0 fully saturated rings. The number of pyridine rings is 4. The first-order valence-electron chi connectivity index (χ1n) is 14.3. The molecule has 4 nitrogen and oxygen atoms in total. The maximum Gasteiger partial charge on any atom is 0.0965 e. The van der Waals surface area contributed by atoms with Gasteiger partial charge in [-0.05, 0) is 59.7 Å². The number of rotatable bonds is 1.